The number of carbonyl (C=O) groups excluding carboxylic acids is 1. The lowest BCUT2D eigenvalue weighted by atomic mass is 9.89. The van der Waals surface area contributed by atoms with Crippen molar-refractivity contribution in [3.63, 3.8) is 0 Å². The van der Waals surface area contributed by atoms with E-state index in [1.807, 2.05) is 12.2 Å². The summed E-state index contributed by atoms with van der Waals surface area (Å²) < 4.78 is 5.30. The standard InChI is InChI=1S/C20H32O4/c1-2-3-4-5-6-7-10-16-17(19(22)14-18(16)21)13-12-15-9-8-11-20(23)24-15/h6-7,12-13,15-19,21-22H,2-5,8-11,14H2,1H3. The van der Waals surface area contributed by atoms with Gasteiger partial charge in [-0.05, 0) is 44.1 Å². The van der Waals surface area contributed by atoms with Crippen molar-refractivity contribution in [3.05, 3.63) is 24.3 Å². The summed E-state index contributed by atoms with van der Waals surface area (Å²) in [4.78, 5) is 11.3. The average molecular weight is 336 g/mol. The summed E-state index contributed by atoms with van der Waals surface area (Å²) in [5.41, 5.74) is 0. The number of esters is 1. The van der Waals surface area contributed by atoms with Crippen molar-refractivity contribution < 1.29 is 19.7 Å². The minimum absolute atomic E-state index is 0.0398. The number of aliphatic hydroxyl groups is 2. The number of hydrogen-bond acceptors (Lipinski definition) is 4. The molecule has 1 aliphatic carbocycles. The minimum Gasteiger partial charge on any atom is -0.458 e. The summed E-state index contributed by atoms with van der Waals surface area (Å²) >= 11 is 0. The number of hydrogen-bond donors (Lipinski definition) is 2. The van der Waals surface area contributed by atoms with Crippen LogP contribution in [0.2, 0.25) is 0 Å². The summed E-state index contributed by atoms with van der Waals surface area (Å²) in [5, 5.41) is 20.5. The van der Waals surface area contributed by atoms with Crippen LogP contribution in [-0.4, -0.2) is 34.5 Å². The maximum atomic E-state index is 11.3. The molecule has 5 unspecified atom stereocenters. The molecule has 4 nitrogen and oxygen atoms in total. The van der Waals surface area contributed by atoms with E-state index in [2.05, 4.69) is 19.1 Å². The van der Waals surface area contributed by atoms with Gasteiger partial charge >= 0.3 is 5.97 Å². The highest BCUT2D eigenvalue weighted by Crippen LogP contribution is 2.36. The molecule has 0 aromatic rings. The van der Waals surface area contributed by atoms with Gasteiger partial charge in [0, 0.05) is 18.8 Å². The maximum Gasteiger partial charge on any atom is 0.306 e. The molecule has 0 aromatic heterocycles. The van der Waals surface area contributed by atoms with E-state index in [4.69, 9.17) is 4.74 Å². The molecule has 4 heteroatoms. The van der Waals surface area contributed by atoms with Crippen molar-refractivity contribution in [3.8, 4) is 0 Å². The highest BCUT2D eigenvalue weighted by Gasteiger charge is 2.39. The molecule has 2 N–H and O–H groups in total. The van der Waals surface area contributed by atoms with Gasteiger partial charge < -0.3 is 14.9 Å². The van der Waals surface area contributed by atoms with Gasteiger partial charge in [0.2, 0.25) is 0 Å². The smallest absolute Gasteiger partial charge is 0.306 e. The van der Waals surface area contributed by atoms with Crippen LogP contribution in [0.3, 0.4) is 0 Å². The van der Waals surface area contributed by atoms with Gasteiger partial charge in [-0.3, -0.25) is 4.79 Å². The van der Waals surface area contributed by atoms with Crippen LogP contribution in [0.4, 0.5) is 0 Å². The maximum absolute atomic E-state index is 11.3. The Hall–Kier alpha value is -1.13. The Morgan fingerprint density at radius 1 is 1.17 bits per heavy atom. The van der Waals surface area contributed by atoms with Crippen LogP contribution in [-0.2, 0) is 9.53 Å². The Labute approximate surface area is 145 Å². The van der Waals surface area contributed by atoms with Gasteiger partial charge in [-0.2, -0.15) is 0 Å². The van der Waals surface area contributed by atoms with Crippen LogP contribution in [0, 0.1) is 11.8 Å². The lowest BCUT2D eigenvalue weighted by Crippen LogP contribution is -2.23. The van der Waals surface area contributed by atoms with E-state index >= 15 is 0 Å². The van der Waals surface area contributed by atoms with Gasteiger partial charge in [0.15, 0.2) is 0 Å². The fraction of sp³-hybridized carbons (Fsp3) is 0.750. The molecule has 1 heterocycles. The van der Waals surface area contributed by atoms with Crippen LogP contribution in [0.25, 0.3) is 0 Å². The van der Waals surface area contributed by atoms with Crippen molar-refractivity contribution in [2.24, 2.45) is 11.8 Å². The van der Waals surface area contributed by atoms with E-state index in [0.29, 0.717) is 12.8 Å². The van der Waals surface area contributed by atoms with Crippen LogP contribution >= 0.6 is 0 Å². The number of unbranched alkanes of at least 4 members (excludes halogenated alkanes) is 3. The third-order valence-electron chi connectivity index (χ3n) is 5.17. The Kier molecular flexibility index (Phi) is 8.00. The molecule has 0 spiro atoms. The van der Waals surface area contributed by atoms with E-state index in [-0.39, 0.29) is 23.9 Å². The van der Waals surface area contributed by atoms with Crippen molar-refractivity contribution in [2.45, 2.75) is 83.0 Å². The molecule has 1 aliphatic heterocycles. The summed E-state index contributed by atoms with van der Waals surface area (Å²) in [5.74, 6) is -0.173. The molecule has 2 aliphatic rings. The van der Waals surface area contributed by atoms with Crippen molar-refractivity contribution >= 4 is 5.97 Å². The second kappa shape index (κ2) is 10.00. The SMILES string of the molecule is CCCCCC=CCC1C(O)CC(O)C1C=CC1CCCC(=O)O1. The quantitative estimate of drug-likeness (QED) is 0.404. The van der Waals surface area contributed by atoms with Crippen molar-refractivity contribution in [1.82, 2.24) is 0 Å². The second-order valence-corrected chi connectivity index (χ2v) is 7.12. The molecule has 0 radical (unpaired) electrons. The molecule has 1 saturated carbocycles. The molecule has 0 amide bonds. The fourth-order valence-corrected chi connectivity index (χ4v) is 3.71. The summed E-state index contributed by atoms with van der Waals surface area (Å²) in [6, 6.07) is 0. The lowest BCUT2D eigenvalue weighted by molar-refractivity contribution is -0.150. The number of rotatable bonds is 8. The molecular formula is C20H32O4. The summed E-state index contributed by atoms with van der Waals surface area (Å²) in [6.45, 7) is 2.19. The highest BCUT2D eigenvalue weighted by atomic mass is 16.5. The average Bonchev–Trinajstić information content (AvgIpc) is 2.82. The zero-order chi connectivity index (χ0) is 17.4. The van der Waals surface area contributed by atoms with Crippen molar-refractivity contribution in [2.75, 3.05) is 0 Å². The number of aliphatic hydroxyl groups excluding tert-OH is 2. The van der Waals surface area contributed by atoms with E-state index in [1.165, 1.54) is 19.3 Å². The van der Waals surface area contributed by atoms with E-state index in [9.17, 15) is 15.0 Å². The normalized spacial score (nSPS) is 34.3. The zero-order valence-electron chi connectivity index (χ0n) is 14.8. The monoisotopic (exact) mass is 336 g/mol. The molecule has 136 valence electrons. The third kappa shape index (κ3) is 5.75. The fourth-order valence-electron chi connectivity index (χ4n) is 3.71. The molecular weight excluding hydrogens is 304 g/mol. The number of ether oxygens (including phenoxy) is 1. The lowest BCUT2D eigenvalue weighted by Gasteiger charge is -2.22. The number of carbonyl (C=O) groups is 1. The van der Waals surface area contributed by atoms with E-state index in [0.717, 1.165) is 25.7 Å². The minimum atomic E-state index is -0.519. The Bertz CT molecular complexity index is 443. The molecule has 24 heavy (non-hydrogen) atoms. The topological polar surface area (TPSA) is 66.8 Å². The van der Waals surface area contributed by atoms with E-state index < -0.39 is 12.2 Å². The first-order valence-corrected chi connectivity index (χ1v) is 9.50. The summed E-state index contributed by atoms with van der Waals surface area (Å²) in [6.07, 6.45) is 15.2. The van der Waals surface area contributed by atoms with Crippen LogP contribution in [0.5, 0.6) is 0 Å². The summed E-state index contributed by atoms with van der Waals surface area (Å²) in [7, 11) is 0. The molecule has 2 rings (SSSR count). The molecule has 0 aromatic carbocycles. The predicted molar refractivity (Wildman–Crippen MR) is 94.4 cm³/mol. The zero-order valence-corrected chi connectivity index (χ0v) is 14.8. The molecule has 5 atom stereocenters. The van der Waals surface area contributed by atoms with Gasteiger partial charge in [-0.15, -0.1) is 0 Å². The highest BCUT2D eigenvalue weighted by molar-refractivity contribution is 5.70. The van der Waals surface area contributed by atoms with Gasteiger partial charge in [-0.1, -0.05) is 38.0 Å². The van der Waals surface area contributed by atoms with Gasteiger partial charge in [-0.25, -0.2) is 0 Å². The van der Waals surface area contributed by atoms with Gasteiger partial charge in [0.25, 0.3) is 0 Å². The Morgan fingerprint density at radius 3 is 2.75 bits per heavy atom. The predicted octanol–water partition coefficient (Wildman–Crippen LogP) is 3.52. The number of cyclic esters (lactones) is 1. The molecule has 0 bridgehead atoms. The largest absolute Gasteiger partial charge is 0.458 e. The first kappa shape index (κ1) is 19.2. The van der Waals surface area contributed by atoms with Crippen LogP contribution in [0.15, 0.2) is 24.3 Å². The Morgan fingerprint density at radius 2 is 2.00 bits per heavy atom. The van der Waals surface area contributed by atoms with Crippen molar-refractivity contribution in [1.29, 1.82) is 0 Å². The third-order valence-corrected chi connectivity index (χ3v) is 5.17. The molecule has 1 saturated heterocycles. The second-order valence-electron chi connectivity index (χ2n) is 7.12. The first-order chi connectivity index (χ1) is 11.6. The van der Waals surface area contributed by atoms with E-state index in [1.54, 1.807) is 0 Å². The van der Waals surface area contributed by atoms with Gasteiger partial charge in [0.05, 0.1) is 12.2 Å². The molecule has 2 fully saturated rings. The van der Waals surface area contributed by atoms with Crippen LogP contribution in [0.1, 0.15) is 64.7 Å². The van der Waals surface area contributed by atoms with Crippen LogP contribution < -0.4 is 0 Å². The number of allylic oxidation sites excluding steroid dienone is 2. The Balaban J connectivity index is 1.86. The van der Waals surface area contributed by atoms with Gasteiger partial charge in [0.1, 0.15) is 6.10 Å². The first-order valence-electron chi connectivity index (χ1n) is 9.50.